The topological polar surface area (TPSA) is 69.7 Å². The standard InChI is InChI=1S/C22H22FN3O3/c1-15-4-2-3-5-18(15)19(27)25-12-10-22(11-13-25)20(28)26(21(29)24-22)14-16-6-8-17(23)9-7-16/h2-9H,10-14H2,1H3,(H,24,29). The van der Waals surface area contributed by atoms with Crippen molar-refractivity contribution in [1.82, 2.24) is 15.1 Å². The van der Waals surface area contributed by atoms with Gasteiger partial charge in [0.2, 0.25) is 0 Å². The summed E-state index contributed by atoms with van der Waals surface area (Å²) in [5.41, 5.74) is 1.27. The first-order valence-corrected chi connectivity index (χ1v) is 9.63. The zero-order chi connectivity index (χ0) is 20.6. The fraction of sp³-hybridized carbons (Fsp3) is 0.318. The number of hydrogen-bond acceptors (Lipinski definition) is 3. The van der Waals surface area contributed by atoms with Crippen molar-refractivity contribution in [2.24, 2.45) is 0 Å². The number of halogens is 1. The summed E-state index contributed by atoms with van der Waals surface area (Å²) in [5, 5.41) is 2.84. The quantitative estimate of drug-likeness (QED) is 0.813. The molecule has 2 aliphatic heterocycles. The molecule has 0 unspecified atom stereocenters. The molecule has 6 nitrogen and oxygen atoms in total. The Labute approximate surface area is 168 Å². The summed E-state index contributed by atoms with van der Waals surface area (Å²) in [4.78, 5) is 41.2. The molecule has 0 aliphatic carbocycles. The molecule has 2 aliphatic rings. The van der Waals surface area contributed by atoms with E-state index < -0.39 is 11.6 Å². The molecular formula is C22H22FN3O3. The minimum absolute atomic E-state index is 0.0575. The third-order valence-corrected chi connectivity index (χ3v) is 5.78. The molecule has 0 atom stereocenters. The van der Waals surface area contributed by atoms with Gasteiger partial charge in [-0.05, 0) is 49.1 Å². The summed E-state index contributed by atoms with van der Waals surface area (Å²) in [7, 11) is 0. The van der Waals surface area contributed by atoms with E-state index in [0.29, 0.717) is 37.1 Å². The van der Waals surface area contributed by atoms with Crippen molar-refractivity contribution in [1.29, 1.82) is 0 Å². The van der Waals surface area contributed by atoms with Gasteiger partial charge in [-0.15, -0.1) is 0 Å². The molecule has 0 saturated carbocycles. The second-order valence-corrected chi connectivity index (χ2v) is 7.64. The van der Waals surface area contributed by atoms with Gasteiger partial charge in [0.25, 0.3) is 11.8 Å². The average Bonchev–Trinajstić information content (AvgIpc) is 2.94. The highest BCUT2D eigenvalue weighted by Crippen LogP contribution is 2.31. The van der Waals surface area contributed by atoms with Crippen LogP contribution in [0.5, 0.6) is 0 Å². The zero-order valence-electron chi connectivity index (χ0n) is 16.2. The second kappa shape index (κ2) is 7.31. The molecule has 0 radical (unpaired) electrons. The van der Waals surface area contributed by atoms with Crippen LogP contribution >= 0.6 is 0 Å². The monoisotopic (exact) mass is 395 g/mol. The maximum atomic E-state index is 13.1. The minimum Gasteiger partial charge on any atom is -0.338 e. The molecule has 1 N–H and O–H groups in total. The van der Waals surface area contributed by atoms with Crippen molar-refractivity contribution in [2.75, 3.05) is 13.1 Å². The van der Waals surface area contributed by atoms with Gasteiger partial charge in [0.05, 0.1) is 6.54 Å². The Morgan fingerprint density at radius 1 is 1.07 bits per heavy atom. The van der Waals surface area contributed by atoms with Crippen molar-refractivity contribution >= 4 is 17.8 Å². The fourth-order valence-corrected chi connectivity index (χ4v) is 4.01. The molecule has 150 valence electrons. The van der Waals surface area contributed by atoms with Crippen LogP contribution in [0.25, 0.3) is 0 Å². The van der Waals surface area contributed by atoms with Gasteiger partial charge in [-0.1, -0.05) is 30.3 Å². The highest BCUT2D eigenvalue weighted by Gasteiger charge is 2.52. The summed E-state index contributed by atoms with van der Waals surface area (Å²) in [5.74, 6) is -0.708. The maximum absolute atomic E-state index is 13.1. The molecule has 1 spiro atoms. The Kier molecular flexibility index (Phi) is 4.82. The predicted octanol–water partition coefficient (Wildman–Crippen LogP) is 2.86. The predicted molar refractivity (Wildman–Crippen MR) is 105 cm³/mol. The third-order valence-electron chi connectivity index (χ3n) is 5.78. The molecule has 29 heavy (non-hydrogen) atoms. The number of aryl methyl sites for hydroxylation is 1. The highest BCUT2D eigenvalue weighted by atomic mass is 19.1. The van der Waals surface area contributed by atoms with Crippen LogP contribution in [0.4, 0.5) is 9.18 Å². The van der Waals surface area contributed by atoms with E-state index in [4.69, 9.17) is 0 Å². The number of amides is 4. The lowest BCUT2D eigenvalue weighted by molar-refractivity contribution is -0.133. The van der Waals surface area contributed by atoms with E-state index in [1.807, 2.05) is 25.1 Å². The second-order valence-electron chi connectivity index (χ2n) is 7.64. The number of benzene rings is 2. The van der Waals surface area contributed by atoms with Crippen molar-refractivity contribution in [2.45, 2.75) is 31.8 Å². The first kappa shape index (κ1) is 19.1. The van der Waals surface area contributed by atoms with Crippen LogP contribution < -0.4 is 5.32 Å². The van der Waals surface area contributed by atoms with Gasteiger partial charge in [0, 0.05) is 18.7 Å². The van der Waals surface area contributed by atoms with Gasteiger partial charge >= 0.3 is 6.03 Å². The van der Waals surface area contributed by atoms with E-state index >= 15 is 0 Å². The van der Waals surface area contributed by atoms with Gasteiger partial charge in [-0.2, -0.15) is 0 Å². The van der Waals surface area contributed by atoms with Gasteiger partial charge in [-0.3, -0.25) is 14.5 Å². The Morgan fingerprint density at radius 2 is 1.72 bits per heavy atom. The molecule has 0 bridgehead atoms. The van der Waals surface area contributed by atoms with Crippen molar-refractivity contribution in [3.63, 3.8) is 0 Å². The molecule has 2 saturated heterocycles. The number of nitrogens with one attached hydrogen (secondary N) is 1. The summed E-state index contributed by atoms with van der Waals surface area (Å²) in [6.45, 7) is 2.78. The number of carbonyl (C=O) groups is 3. The smallest absolute Gasteiger partial charge is 0.325 e. The first-order chi connectivity index (χ1) is 13.9. The Balaban J connectivity index is 1.44. The van der Waals surface area contributed by atoms with E-state index in [1.165, 1.54) is 17.0 Å². The van der Waals surface area contributed by atoms with Gasteiger partial charge in [0.15, 0.2) is 0 Å². The van der Waals surface area contributed by atoms with Crippen molar-refractivity contribution < 1.29 is 18.8 Å². The van der Waals surface area contributed by atoms with Crippen molar-refractivity contribution in [3.8, 4) is 0 Å². The molecule has 2 aromatic rings. The summed E-state index contributed by atoms with van der Waals surface area (Å²) in [6.07, 6.45) is 0.740. The maximum Gasteiger partial charge on any atom is 0.325 e. The minimum atomic E-state index is -0.973. The van der Waals surface area contributed by atoms with Gasteiger partial charge in [0.1, 0.15) is 11.4 Å². The number of rotatable bonds is 3. The molecule has 4 amide bonds. The lowest BCUT2D eigenvalue weighted by atomic mass is 9.87. The zero-order valence-corrected chi connectivity index (χ0v) is 16.2. The van der Waals surface area contributed by atoms with E-state index in [9.17, 15) is 18.8 Å². The molecule has 0 aromatic heterocycles. The van der Waals surface area contributed by atoms with Crippen LogP contribution in [0.15, 0.2) is 48.5 Å². The Morgan fingerprint density at radius 3 is 2.38 bits per heavy atom. The van der Waals surface area contributed by atoms with E-state index in [0.717, 1.165) is 5.56 Å². The molecule has 2 fully saturated rings. The summed E-state index contributed by atoms with van der Waals surface area (Å²) < 4.78 is 13.1. The average molecular weight is 395 g/mol. The molecule has 2 heterocycles. The summed E-state index contributed by atoms with van der Waals surface area (Å²) >= 11 is 0. The third kappa shape index (κ3) is 3.48. The fourth-order valence-electron chi connectivity index (χ4n) is 4.01. The molecule has 2 aromatic carbocycles. The van der Waals surface area contributed by atoms with E-state index in [-0.39, 0.29) is 24.2 Å². The molecule has 7 heteroatoms. The SMILES string of the molecule is Cc1ccccc1C(=O)N1CCC2(CC1)NC(=O)N(Cc1ccc(F)cc1)C2=O. The highest BCUT2D eigenvalue weighted by molar-refractivity contribution is 6.07. The number of nitrogens with zero attached hydrogens (tertiary/aromatic N) is 2. The van der Waals surface area contributed by atoms with E-state index in [2.05, 4.69) is 5.32 Å². The van der Waals surface area contributed by atoms with Crippen LogP contribution in [0.1, 0.15) is 34.3 Å². The number of carbonyl (C=O) groups excluding carboxylic acids is 3. The number of urea groups is 1. The van der Waals surface area contributed by atoms with Gasteiger partial charge < -0.3 is 10.2 Å². The number of likely N-dealkylation sites (tertiary alicyclic amines) is 1. The largest absolute Gasteiger partial charge is 0.338 e. The van der Waals surface area contributed by atoms with E-state index in [1.54, 1.807) is 23.1 Å². The molecule has 4 rings (SSSR count). The molecular weight excluding hydrogens is 373 g/mol. The van der Waals surface area contributed by atoms with Crippen LogP contribution in [0.3, 0.4) is 0 Å². The summed E-state index contributed by atoms with van der Waals surface area (Å²) in [6, 6.07) is 12.7. The first-order valence-electron chi connectivity index (χ1n) is 9.63. The lowest BCUT2D eigenvalue weighted by Gasteiger charge is -2.37. The van der Waals surface area contributed by atoms with Crippen LogP contribution in [-0.2, 0) is 11.3 Å². The van der Waals surface area contributed by atoms with Crippen LogP contribution in [0.2, 0.25) is 0 Å². The number of hydrogen-bond donors (Lipinski definition) is 1. The Bertz CT molecular complexity index is 966. The number of piperidine rings is 1. The number of imide groups is 1. The van der Waals surface area contributed by atoms with Crippen LogP contribution in [-0.4, -0.2) is 46.3 Å². The van der Waals surface area contributed by atoms with Crippen molar-refractivity contribution in [3.05, 3.63) is 71.0 Å². The van der Waals surface area contributed by atoms with Crippen LogP contribution in [0, 0.1) is 12.7 Å². The normalized spacial score (nSPS) is 18.3. The lowest BCUT2D eigenvalue weighted by Crippen LogP contribution is -2.55. The van der Waals surface area contributed by atoms with Gasteiger partial charge in [-0.25, -0.2) is 9.18 Å². The Hall–Kier alpha value is -3.22.